The highest BCUT2D eigenvalue weighted by Gasteiger charge is 2.33. The molecule has 1 atom stereocenters. The molecule has 1 saturated heterocycles. The second-order valence-corrected chi connectivity index (χ2v) is 7.35. The second-order valence-electron chi connectivity index (χ2n) is 5.79. The van der Waals surface area contributed by atoms with Crippen molar-refractivity contribution < 1.29 is 8.42 Å². The third-order valence-corrected chi connectivity index (χ3v) is 5.02. The van der Waals surface area contributed by atoms with Crippen LogP contribution in [0.25, 0.3) is 0 Å². The van der Waals surface area contributed by atoms with Crippen molar-refractivity contribution in [2.75, 3.05) is 13.1 Å². The molecule has 3 rings (SSSR count). The highest BCUT2D eigenvalue weighted by molar-refractivity contribution is 7.89. The molecule has 0 bridgehead atoms. The largest absolute Gasteiger partial charge is 0.309 e. The second kappa shape index (κ2) is 5.44. The summed E-state index contributed by atoms with van der Waals surface area (Å²) in [5, 5.41) is 8.66. The van der Waals surface area contributed by atoms with Crippen LogP contribution in [0.1, 0.15) is 24.8 Å². The summed E-state index contributed by atoms with van der Waals surface area (Å²) in [6, 6.07) is 8.18. The van der Waals surface area contributed by atoms with Crippen LogP contribution < -0.4 is 10.5 Å². The van der Waals surface area contributed by atoms with Crippen molar-refractivity contribution in [1.82, 2.24) is 10.2 Å². The molecule has 2 fully saturated rings. The van der Waals surface area contributed by atoms with E-state index in [0.29, 0.717) is 12.6 Å². The molecule has 1 aromatic rings. The van der Waals surface area contributed by atoms with E-state index in [1.807, 2.05) is 6.07 Å². The van der Waals surface area contributed by atoms with Crippen molar-refractivity contribution >= 4 is 10.0 Å². The maximum Gasteiger partial charge on any atom is 0.238 e. The van der Waals surface area contributed by atoms with Gasteiger partial charge in [-0.1, -0.05) is 12.1 Å². The number of likely N-dealkylation sites (tertiary alicyclic amines) is 1. The summed E-state index contributed by atoms with van der Waals surface area (Å²) in [7, 11) is -3.61. The average Bonchev–Trinajstić information content (AvgIpc) is 3.15. The van der Waals surface area contributed by atoms with Crippen LogP contribution in [0.3, 0.4) is 0 Å². The lowest BCUT2D eigenvalue weighted by atomic mass is 10.2. The normalized spacial score (nSPS) is 24.1. The Morgan fingerprint density at radius 1 is 1.30 bits per heavy atom. The molecule has 1 heterocycles. The van der Waals surface area contributed by atoms with Gasteiger partial charge in [-0.15, -0.1) is 0 Å². The van der Waals surface area contributed by atoms with E-state index in [4.69, 9.17) is 5.14 Å². The van der Waals surface area contributed by atoms with Crippen LogP contribution in [0, 0.1) is 0 Å². The fourth-order valence-corrected chi connectivity index (χ4v) is 3.40. The summed E-state index contributed by atoms with van der Waals surface area (Å²) in [5.41, 5.74) is 0.960. The van der Waals surface area contributed by atoms with Gasteiger partial charge in [0.2, 0.25) is 10.0 Å². The lowest BCUT2D eigenvalue weighted by Crippen LogP contribution is -2.32. The number of hydrogen-bond acceptors (Lipinski definition) is 4. The molecule has 20 heavy (non-hydrogen) atoms. The third kappa shape index (κ3) is 3.38. The molecule has 0 aromatic heterocycles. The van der Waals surface area contributed by atoms with E-state index in [1.165, 1.54) is 31.9 Å². The number of sulfonamides is 1. The Morgan fingerprint density at radius 2 is 2.10 bits per heavy atom. The molecule has 0 amide bonds. The highest BCUT2D eigenvalue weighted by atomic mass is 32.2. The first-order valence-electron chi connectivity index (χ1n) is 7.11. The molecule has 1 saturated carbocycles. The molecule has 1 aliphatic carbocycles. The fraction of sp³-hybridized carbons (Fsp3) is 0.571. The number of nitrogens with zero attached hydrogens (tertiary/aromatic N) is 1. The zero-order valence-electron chi connectivity index (χ0n) is 11.5. The van der Waals surface area contributed by atoms with E-state index < -0.39 is 10.0 Å². The van der Waals surface area contributed by atoms with Gasteiger partial charge in [0.1, 0.15) is 0 Å². The number of benzene rings is 1. The number of nitrogens with one attached hydrogen (secondary N) is 1. The van der Waals surface area contributed by atoms with E-state index in [1.54, 1.807) is 12.1 Å². The summed E-state index contributed by atoms with van der Waals surface area (Å²) in [5.74, 6) is 0. The van der Waals surface area contributed by atoms with Gasteiger partial charge in [0, 0.05) is 31.7 Å². The summed E-state index contributed by atoms with van der Waals surface area (Å²) in [6.07, 6.45) is 3.87. The quantitative estimate of drug-likeness (QED) is 0.837. The van der Waals surface area contributed by atoms with Crippen molar-refractivity contribution in [1.29, 1.82) is 0 Å². The maximum absolute atomic E-state index is 11.3. The van der Waals surface area contributed by atoms with Gasteiger partial charge in [0.25, 0.3) is 0 Å². The smallest absolute Gasteiger partial charge is 0.238 e. The minimum Gasteiger partial charge on any atom is -0.309 e. The predicted molar refractivity (Wildman–Crippen MR) is 77.7 cm³/mol. The SMILES string of the molecule is NS(=O)(=O)c1cccc(CNC2CCN(C3CC3)C2)c1. The Labute approximate surface area is 120 Å². The molecule has 5 nitrogen and oxygen atoms in total. The zero-order valence-corrected chi connectivity index (χ0v) is 12.3. The van der Waals surface area contributed by atoms with Crippen molar-refractivity contribution in [2.45, 2.75) is 42.8 Å². The van der Waals surface area contributed by atoms with E-state index in [0.717, 1.165) is 18.2 Å². The highest BCUT2D eigenvalue weighted by Crippen LogP contribution is 2.29. The minimum atomic E-state index is -3.61. The van der Waals surface area contributed by atoms with E-state index >= 15 is 0 Å². The molecule has 0 spiro atoms. The van der Waals surface area contributed by atoms with Gasteiger partial charge in [-0.25, -0.2) is 13.6 Å². The van der Waals surface area contributed by atoms with E-state index in [2.05, 4.69) is 10.2 Å². The van der Waals surface area contributed by atoms with Gasteiger partial charge in [0.05, 0.1) is 4.90 Å². The molecular formula is C14H21N3O2S. The van der Waals surface area contributed by atoms with Crippen molar-refractivity contribution in [3.63, 3.8) is 0 Å². The Balaban J connectivity index is 1.56. The number of hydrogen-bond donors (Lipinski definition) is 2. The molecule has 1 aliphatic heterocycles. The van der Waals surface area contributed by atoms with Crippen LogP contribution in [0.2, 0.25) is 0 Å². The number of primary sulfonamides is 1. The van der Waals surface area contributed by atoms with Crippen LogP contribution >= 0.6 is 0 Å². The molecule has 110 valence electrons. The lowest BCUT2D eigenvalue weighted by Gasteiger charge is -2.16. The van der Waals surface area contributed by atoms with Crippen LogP contribution in [-0.2, 0) is 16.6 Å². The zero-order chi connectivity index (χ0) is 14.2. The number of nitrogens with two attached hydrogens (primary N) is 1. The van der Waals surface area contributed by atoms with Crippen LogP contribution in [0.5, 0.6) is 0 Å². The Morgan fingerprint density at radius 3 is 2.80 bits per heavy atom. The van der Waals surface area contributed by atoms with Crippen LogP contribution in [0.4, 0.5) is 0 Å². The van der Waals surface area contributed by atoms with Crippen LogP contribution in [-0.4, -0.2) is 38.5 Å². The Hall–Kier alpha value is -0.950. The summed E-state index contributed by atoms with van der Waals surface area (Å²) < 4.78 is 22.6. The Bertz CT molecular complexity index is 584. The topological polar surface area (TPSA) is 75.4 Å². The molecule has 6 heteroatoms. The van der Waals surface area contributed by atoms with E-state index in [-0.39, 0.29) is 4.90 Å². The standard InChI is InChI=1S/C14H21N3O2S/c15-20(18,19)14-3-1-2-11(8-14)9-16-12-6-7-17(10-12)13-4-5-13/h1-3,8,12-13,16H,4-7,9-10H2,(H2,15,18,19). The summed E-state index contributed by atoms with van der Waals surface area (Å²) in [6.45, 7) is 2.98. The first kappa shape index (κ1) is 14.0. The predicted octanol–water partition coefficient (Wildman–Crippen LogP) is 0.660. The average molecular weight is 295 g/mol. The van der Waals surface area contributed by atoms with E-state index in [9.17, 15) is 8.42 Å². The van der Waals surface area contributed by atoms with Gasteiger partial charge in [-0.3, -0.25) is 4.90 Å². The number of rotatable bonds is 5. The maximum atomic E-state index is 11.3. The van der Waals surface area contributed by atoms with Gasteiger partial charge >= 0.3 is 0 Å². The van der Waals surface area contributed by atoms with Crippen LogP contribution in [0.15, 0.2) is 29.2 Å². The first-order valence-corrected chi connectivity index (χ1v) is 8.66. The van der Waals surface area contributed by atoms with Crippen molar-refractivity contribution in [3.05, 3.63) is 29.8 Å². The summed E-state index contributed by atoms with van der Waals surface area (Å²) in [4.78, 5) is 2.74. The minimum absolute atomic E-state index is 0.183. The molecule has 2 aliphatic rings. The monoisotopic (exact) mass is 295 g/mol. The molecular weight excluding hydrogens is 274 g/mol. The molecule has 1 aromatic carbocycles. The molecule has 1 unspecified atom stereocenters. The third-order valence-electron chi connectivity index (χ3n) is 4.10. The lowest BCUT2D eigenvalue weighted by molar-refractivity contribution is 0.317. The van der Waals surface area contributed by atoms with Crippen molar-refractivity contribution in [3.8, 4) is 0 Å². The molecule has 3 N–H and O–H groups in total. The van der Waals surface area contributed by atoms with Gasteiger partial charge in [0.15, 0.2) is 0 Å². The fourth-order valence-electron chi connectivity index (χ4n) is 2.82. The van der Waals surface area contributed by atoms with Gasteiger partial charge in [-0.2, -0.15) is 0 Å². The van der Waals surface area contributed by atoms with Crippen molar-refractivity contribution in [2.24, 2.45) is 5.14 Å². The van der Waals surface area contributed by atoms with Gasteiger partial charge < -0.3 is 5.32 Å². The van der Waals surface area contributed by atoms with Gasteiger partial charge in [-0.05, 0) is 37.0 Å². The first-order chi connectivity index (χ1) is 9.52. The molecule has 0 radical (unpaired) electrons. The Kier molecular flexibility index (Phi) is 3.81. The summed E-state index contributed by atoms with van der Waals surface area (Å²) >= 11 is 0.